The fraction of sp³-hybridized carbons (Fsp3) is 0.625. The average Bonchev–Trinajstić information content (AvgIpc) is 3.02. The molecular weight excluding hydrogens is 258 g/mol. The fourth-order valence-electron chi connectivity index (χ4n) is 4.02. The van der Waals surface area contributed by atoms with Gasteiger partial charge in [-0.3, -0.25) is 0 Å². The number of aromatic hydroxyl groups is 1. The Morgan fingerprint density at radius 3 is 2.89 bits per heavy atom. The molecule has 19 heavy (non-hydrogen) atoms. The Morgan fingerprint density at radius 1 is 1.37 bits per heavy atom. The van der Waals surface area contributed by atoms with Crippen LogP contribution in [-0.4, -0.2) is 11.1 Å². The number of rotatable bonds is 4. The number of hydrogen-bond acceptors (Lipinski definition) is 2. The highest BCUT2D eigenvalue weighted by Crippen LogP contribution is 2.49. The molecule has 2 aliphatic rings. The summed E-state index contributed by atoms with van der Waals surface area (Å²) in [6.45, 7) is 2.98. The molecule has 2 aliphatic carbocycles. The molecule has 0 heterocycles. The summed E-state index contributed by atoms with van der Waals surface area (Å²) in [5.41, 5.74) is 0.891. The van der Waals surface area contributed by atoms with E-state index in [1.165, 1.54) is 25.7 Å². The molecule has 104 valence electrons. The van der Waals surface area contributed by atoms with E-state index in [9.17, 15) is 5.11 Å². The second-order valence-electron chi connectivity index (χ2n) is 6.28. The minimum absolute atomic E-state index is 0.331. The molecule has 0 spiro atoms. The van der Waals surface area contributed by atoms with E-state index >= 15 is 0 Å². The van der Waals surface area contributed by atoms with Crippen LogP contribution in [0, 0.1) is 17.8 Å². The zero-order valence-corrected chi connectivity index (χ0v) is 12.2. The van der Waals surface area contributed by atoms with Crippen molar-refractivity contribution in [2.45, 2.75) is 45.2 Å². The summed E-state index contributed by atoms with van der Waals surface area (Å²) in [6, 6.07) is 5.76. The van der Waals surface area contributed by atoms with Crippen molar-refractivity contribution < 1.29 is 5.11 Å². The minimum atomic E-state index is 0.331. The number of phenolic OH excluding ortho intramolecular Hbond substituents is 1. The summed E-state index contributed by atoms with van der Waals surface area (Å²) < 4.78 is 0. The third kappa shape index (κ3) is 2.75. The van der Waals surface area contributed by atoms with Crippen LogP contribution in [0.25, 0.3) is 0 Å². The summed E-state index contributed by atoms with van der Waals surface area (Å²) in [5, 5.41) is 14.1. The number of benzene rings is 1. The molecule has 4 atom stereocenters. The van der Waals surface area contributed by atoms with Crippen molar-refractivity contribution in [2.24, 2.45) is 17.8 Å². The maximum Gasteiger partial charge on any atom is 0.120 e. The first-order chi connectivity index (χ1) is 9.13. The molecule has 3 rings (SSSR count). The number of hydrogen-bond donors (Lipinski definition) is 2. The minimum Gasteiger partial charge on any atom is -0.508 e. The van der Waals surface area contributed by atoms with Gasteiger partial charge in [0, 0.05) is 23.2 Å². The zero-order chi connectivity index (χ0) is 13.4. The highest BCUT2D eigenvalue weighted by Gasteiger charge is 2.41. The van der Waals surface area contributed by atoms with Gasteiger partial charge in [-0.25, -0.2) is 0 Å². The molecule has 3 heteroatoms. The molecule has 0 amide bonds. The molecule has 2 bridgehead atoms. The predicted octanol–water partition coefficient (Wildman–Crippen LogP) is 3.96. The van der Waals surface area contributed by atoms with Crippen LogP contribution < -0.4 is 5.32 Å². The normalized spacial score (nSPS) is 30.7. The molecule has 2 saturated carbocycles. The van der Waals surface area contributed by atoms with Crippen LogP contribution in [-0.2, 0) is 6.54 Å². The van der Waals surface area contributed by atoms with E-state index < -0.39 is 0 Å². The van der Waals surface area contributed by atoms with Crippen molar-refractivity contribution in [1.29, 1.82) is 0 Å². The van der Waals surface area contributed by atoms with Crippen LogP contribution in [0.5, 0.6) is 5.75 Å². The molecule has 2 N–H and O–H groups in total. The third-order valence-electron chi connectivity index (χ3n) is 5.09. The molecule has 2 nitrogen and oxygen atoms in total. The number of halogens is 1. The van der Waals surface area contributed by atoms with Gasteiger partial charge in [0.25, 0.3) is 0 Å². The number of nitrogens with one attached hydrogen (secondary N) is 1. The molecular formula is C16H22ClNO. The van der Waals surface area contributed by atoms with Gasteiger partial charge in [0.15, 0.2) is 0 Å². The van der Waals surface area contributed by atoms with Crippen molar-refractivity contribution in [2.75, 3.05) is 0 Å². The SMILES string of the molecule is CC(NCc1cc(Cl)ccc1O)C1CC2CCC1C2. The second-order valence-corrected chi connectivity index (χ2v) is 6.72. The standard InChI is InChI=1S/C16H22ClNO/c1-10(15-7-11-2-3-12(15)6-11)18-9-13-8-14(17)4-5-16(13)19/h4-5,8,10-12,15,18-19H,2-3,6-7,9H2,1H3. The van der Waals surface area contributed by atoms with E-state index in [4.69, 9.17) is 11.6 Å². The molecule has 4 unspecified atom stereocenters. The van der Waals surface area contributed by atoms with Gasteiger partial charge in [-0.15, -0.1) is 0 Å². The van der Waals surface area contributed by atoms with Gasteiger partial charge in [0.1, 0.15) is 5.75 Å². The number of phenols is 1. The Bertz CT molecular complexity index is 462. The molecule has 0 aromatic heterocycles. The average molecular weight is 280 g/mol. The Hall–Kier alpha value is -0.730. The first kappa shape index (κ1) is 13.3. The van der Waals surface area contributed by atoms with Crippen LogP contribution in [0.1, 0.15) is 38.2 Å². The quantitative estimate of drug-likeness (QED) is 0.874. The van der Waals surface area contributed by atoms with Crippen molar-refractivity contribution in [3.05, 3.63) is 28.8 Å². The first-order valence-corrected chi connectivity index (χ1v) is 7.72. The lowest BCUT2D eigenvalue weighted by molar-refractivity contribution is 0.259. The highest BCUT2D eigenvalue weighted by atomic mass is 35.5. The van der Waals surface area contributed by atoms with E-state index in [1.807, 2.05) is 6.07 Å². The highest BCUT2D eigenvalue weighted by molar-refractivity contribution is 6.30. The van der Waals surface area contributed by atoms with Gasteiger partial charge in [-0.2, -0.15) is 0 Å². The molecule has 2 fully saturated rings. The number of fused-ring (bicyclic) bond motifs is 2. The largest absolute Gasteiger partial charge is 0.508 e. The van der Waals surface area contributed by atoms with E-state index in [1.54, 1.807) is 12.1 Å². The summed E-state index contributed by atoms with van der Waals surface area (Å²) >= 11 is 5.97. The summed E-state index contributed by atoms with van der Waals surface area (Å²) in [4.78, 5) is 0. The monoisotopic (exact) mass is 279 g/mol. The molecule has 1 aromatic rings. The van der Waals surface area contributed by atoms with Gasteiger partial charge >= 0.3 is 0 Å². The van der Waals surface area contributed by atoms with Gasteiger partial charge in [0.2, 0.25) is 0 Å². The maximum absolute atomic E-state index is 9.82. The van der Waals surface area contributed by atoms with E-state index in [0.29, 0.717) is 23.4 Å². The Balaban J connectivity index is 1.58. The molecule has 1 aromatic carbocycles. The van der Waals surface area contributed by atoms with E-state index in [-0.39, 0.29) is 0 Å². The molecule has 0 radical (unpaired) electrons. The summed E-state index contributed by atoms with van der Waals surface area (Å²) in [6.07, 6.45) is 5.70. The van der Waals surface area contributed by atoms with Gasteiger partial charge in [0.05, 0.1) is 0 Å². The van der Waals surface area contributed by atoms with Crippen LogP contribution >= 0.6 is 11.6 Å². The van der Waals surface area contributed by atoms with Crippen LogP contribution in [0.4, 0.5) is 0 Å². The van der Waals surface area contributed by atoms with Crippen LogP contribution in [0.3, 0.4) is 0 Å². The van der Waals surface area contributed by atoms with Gasteiger partial charge in [-0.1, -0.05) is 18.0 Å². The van der Waals surface area contributed by atoms with E-state index in [0.717, 1.165) is 23.3 Å². The zero-order valence-electron chi connectivity index (χ0n) is 11.4. The molecule has 0 aliphatic heterocycles. The Kier molecular flexibility index (Phi) is 3.72. The van der Waals surface area contributed by atoms with E-state index in [2.05, 4.69) is 12.2 Å². The topological polar surface area (TPSA) is 32.3 Å². The maximum atomic E-state index is 9.82. The Morgan fingerprint density at radius 2 is 2.21 bits per heavy atom. The second kappa shape index (κ2) is 5.34. The smallest absolute Gasteiger partial charge is 0.120 e. The third-order valence-corrected chi connectivity index (χ3v) is 5.33. The van der Waals surface area contributed by atoms with Crippen molar-refractivity contribution in [3.63, 3.8) is 0 Å². The summed E-state index contributed by atoms with van der Waals surface area (Å²) in [5.74, 6) is 3.07. The van der Waals surface area contributed by atoms with Crippen molar-refractivity contribution in [1.82, 2.24) is 5.32 Å². The van der Waals surface area contributed by atoms with Crippen molar-refractivity contribution >= 4 is 11.6 Å². The fourth-order valence-corrected chi connectivity index (χ4v) is 4.22. The predicted molar refractivity (Wildman–Crippen MR) is 78.4 cm³/mol. The van der Waals surface area contributed by atoms with Crippen LogP contribution in [0.15, 0.2) is 18.2 Å². The Labute approximate surface area is 120 Å². The van der Waals surface area contributed by atoms with Crippen LogP contribution in [0.2, 0.25) is 5.02 Å². The molecule has 0 saturated heterocycles. The van der Waals surface area contributed by atoms with Gasteiger partial charge < -0.3 is 10.4 Å². The lowest BCUT2D eigenvalue weighted by Crippen LogP contribution is -2.35. The lowest BCUT2D eigenvalue weighted by Gasteiger charge is -2.28. The van der Waals surface area contributed by atoms with Crippen molar-refractivity contribution in [3.8, 4) is 5.75 Å². The summed E-state index contributed by atoms with van der Waals surface area (Å²) in [7, 11) is 0. The lowest BCUT2D eigenvalue weighted by atomic mass is 9.84. The first-order valence-electron chi connectivity index (χ1n) is 7.34. The van der Waals surface area contributed by atoms with Gasteiger partial charge in [-0.05, 0) is 62.1 Å².